The molecule has 0 saturated heterocycles. The molecule has 0 aromatic carbocycles. The highest BCUT2D eigenvalue weighted by atomic mass is 127. The maximum absolute atomic E-state index is 5.25. The third-order valence-corrected chi connectivity index (χ3v) is 4.27. The van der Waals surface area contributed by atoms with Gasteiger partial charge in [-0.05, 0) is 39.5 Å². The van der Waals surface area contributed by atoms with Gasteiger partial charge in [0.25, 0.3) is 0 Å². The summed E-state index contributed by atoms with van der Waals surface area (Å²) in [5.74, 6) is 1.64. The van der Waals surface area contributed by atoms with E-state index < -0.39 is 0 Å². The van der Waals surface area contributed by atoms with Gasteiger partial charge in [-0.15, -0.1) is 35.3 Å². The first-order valence-corrected chi connectivity index (χ1v) is 7.15. The lowest BCUT2D eigenvalue weighted by molar-refractivity contribution is 0.501. The number of nitrogens with zero attached hydrogens (tertiary/aromatic N) is 1. The molecule has 0 bridgehead atoms. The second kappa shape index (κ2) is 8.60. The van der Waals surface area contributed by atoms with E-state index in [-0.39, 0.29) is 24.0 Å². The fourth-order valence-corrected chi connectivity index (χ4v) is 2.85. The van der Waals surface area contributed by atoms with Crippen LogP contribution >= 0.6 is 51.2 Å². The highest BCUT2D eigenvalue weighted by Crippen LogP contribution is 2.21. The van der Waals surface area contributed by atoms with Crippen molar-refractivity contribution in [3.05, 3.63) is 45.0 Å². The number of aliphatic imine (C=N–C) groups is 1. The number of guanidine groups is 1. The predicted octanol–water partition coefficient (Wildman–Crippen LogP) is 3.59. The molecule has 0 atom stereocenters. The van der Waals surface area contributed by atoms with Gasteiger partial charge in [-0.25, -0.2) is 0 Å². The Balaban J connectivity index is 0.00000180. The van der Waals surface area contributed by atoms with Crippen molar-refractivity contribution >= 4 is 57.2 Å². The van der Waals surface area contributed by atoms with Gasteiger partial charge in [-0.1, -0.05) is 0 Å². The zero-order valence-corrected chi connectivity index (χ0v) is 15.1. The summed E-state index contributed by atoms with van der Waals surface area (Å²) in [4.78, 5) is 5.40. The largest absolute Gasteiger partial charge is 0.467 e. The van der Waals surface area contributed by atoms with E-state index in [0.29, 0.717) is 6.54 Å². The standard InChI is InChI=1S/C12H14BrN3OS.HI/c1-14-12(15-7-9-3-2-5-17-9)16-8-11-10(13)4-6-18-11;/h2-6H,7-8H2,1H3,(H2,14,15,16);1H. The monoisotopic (exact) mass is 455 g/mol. The number of halogens is 2. The van der Waals surface area contributed by atoms with Crippen molar-refractivity contribution in [3.8, 4) is 0 Å². The summed E-state index contributed by atoms with van der Waals surface area (Å²) >= 11 is 5.21. The molecule has 19 heavy (non-hydrogen) atoms. The number of hydrogen-bond donors (Lipinski definition) is 2. The van der Waals surface area contributed by atoms with E-state index in [1.165, 1.54) is 4.88 Å². The minimum absolute atomic E-state index is 0. The zero-order chi connectivity index (χ0) is 12.8. The molecule has 104 valence electrons. The third-order valence-electron chi connectivity index (χ3n) is 2.34. The Hall–Kier alpha value is -0.540. The summed E-state index contributed by atoms with van der Waals surface area (Å²) < 4.78 is 6.37. The normalized spacial score (nSPS) is 10.9. The fraction of sp³-hybridized carbons (Fsp3) is 0.250. The molecule has 0 aliphatic carbocycles. The van der Waals surface area contributed by atoms with E-state index in [1.54, 1.807) is 24.6 Å². The van der Waals surface area contributed by atoms with Crippen LogP contribution in [-0.4, -0.2) is 13.0 Å². The van der Waals surface area contributed by atoms with Gasteiger partial charge >= 0.3 is 0 Å². The number of rotatable bonds is 4. The van der Waals surface area contributed by atoms with Crippen LogP contribution in [0.3, 0.4) is 0 Å². The summed E-state index contributed by atoms with van der Waals surface area (Å²) in [6.07, 6.45) is 1.66. The molecule has 0 fully saturated rings. The Kier molecular flexibility index (Phi) is 7.47. The van der Waals surface area contributed by atoms with Crippen molar-refractivity contribution in [1.82, 2.24) is 10.6 Å². The van der Waals surface area contributed by atoms with Crippen LogP contribution in [0, 0.1) is 0 Å². The molecule has 7 heteroatoms. The average molecular weight is 456 g/mol. The molecule has 0 amide bonds. The van der Waals surface area contributed by atoms with Gasteiger partial charge < -0.3 is 15.1 Å². The van der Waals surface area contributed by atoms with Crippen LogP contribution in [0.4, 0.5) is 0 Å². The maximum atomic E-state index is 5.25. The summed E-state index contributed by atoms with van der Waals surface area (Å²) in [5.41, 5.74) is 0. The molecule has 0 spiro atoms. The number of thiophene rings is 1. The molecule has 2 aromatic rings. The van der Waals surface area contributed by atoms with E-state index in [0.717, 1.165) is 22.7 Å². The molecule has 4 nitrogen and oxygen atoms in total. The quantitative estimate of drug-likeness (QED) is 0.420. The van der Waals surface area contributed by atoms with Gasteiger partial charge in [0, 0.05) is 16.4 Å². The van der Waals surface area contributed by atoms with E-state index in [2.05, 4.69) is 36.9 Å². The summed E-state index contributed by atoms with van der Waals surface area (Å²) in [6.45, 7) is 1.37. The van der Waals surface area contributed by atoms with Gasteiger partial charge in [-0.3, -0.25) is 4.99 Å². The van der Waals surface area contributed by atoms with Crippen molar-refractivity contribution in [1.29, 1.82) is 0 Å². The Morgan fingerprint density at radius 3 is 2.74 bits per heavy atom. The number of hydrogen-bond acceptors (Lipinski definition) is 3. The van der Waals surface area contributed by atoms with Crippen LogP contribution in [-0.2, 0) is 13.1 Å². The van der Waals surface area contributed by atoms with Crippen molar-refractivity contribution in [2.75, 3.05) is 7.05 Å². The van der Waals surface area contributed by atoms with Crippen LogP contribution in [0.2, 0.25) is 0 Å². The first kappa shape index (κ1) is 16.5. The zero-order valence-electron chi connectivity index (χ0n) is 10.4. The first-order valence-electron chi connectivity index (χ1n) is 5.48. The number of nitrogens with one attached hydrogen (secondary N) is 2. The molecule has 2 N–H and O–H groups in total. The van der Waals surface area contributed by atoms with Gasteiger partial charge in [-0.2, -0.15) is 0 Å². The number of furan rings is 1. The lowest BCUT2D eigenvalue weighted by Crippen LogP contribution is -2.36. The first-order chi connectivity index (χ1) is 8.79. The Labute approximate surface area is 141 Å². The van der Waals surface area contributed by atoms with E-state index in [1.807, 2.05) is 18.2 Å². The Morgan fingerprint density at radius 1 is 1.37 bits per heavy atom. The fourth-order valence-electron chi connectivity index (χ4n) is 1.42. The molecule has 0 radical (unpaired) electrons. The minimum atomic E-state index is 0. The van der Waals surface area contributed by atoms with Crippen molar-refractivity contribution in [3.63, 3.8) is 0 Å². The summed E-state index contributed by atoms with van der Waals surface area (Å²) in [7, 11) is 1.75. The van der Waals surface area contributed by atoms with Crippen molar-refractivity contribution < 1.29 is 4.42 Å². The second-order valence-electron chi connectivity index (χ2n) is 3.55. The Morgan fingerprint density at radius 2 is 2.16 bits per heavy atom. The molecule has 2 rings (SSSR count). The molecule has 2 heterocycles. The molecule has 0 aliphatic rings. The highest BCUT2D eigenvalue weighted by Gasteiger charge is 2.03. The molecule has 0 unspecified atom stereocenters. The van der Waals surface area contributed by atoms with E-state index in [4.69, 9.17) is 4.42 Å². The Bertz CT molecular complexity index is 513. The van der Waals surface area contributed by atoms with Gasteiger partial charge in [0.05, 0.1) is 19.4 Å². The summed E-state index contributed by atoms with van der Waals surface area (Å²) in [6, 6.07) is 5.84. The molecular weight excluding hydrogens is 441 g/mol. The molecule has 0 aliphatic heterocycles. The lowest BCUT2D eigenvalue weighted by Gasteiger charge is -2.10. The maximum Gasteiger partial charge on any atom is 0.191 e. The van der Waals surface area contributed by atoms with Crippen LogP contribution in [0.25, 0.3) is 0 Å². The van der Waals surface area contributed by atoms with Crippen LogP contribution < -0.4 is 10.6 Å². The lowest BCUT2D eigenvalue weighted by atomic mass is 10.4. The summed E-state index contributed by atoms with van der Waals surface area (Å²) in [5, 5.41) is 8.50. The minimum Gasteiger partial charge on any atom is -0.467 e. The molecule has 2 aromatic heterocycles. The van der Waals surface area contributed by atoms with Gasteiger partial charge in [0.2, 0.25) is 0 Å². The SMILES string of the molecule is CN=C(NCc1ccco1)NCc1sccc1Br.I. The predicted molar refractivity (Wildman–Crippen MR) is 93.2 cm³/mol. The van der Waals surface area contributed by atoms with Crippen molar-refractivity contribution in [2.24, 2.45) is 4.99 Å². The smallest absolute Gasteiger partial charge is 0.191 e. The van der Waals surface area contributed by atoms with Crippen LogP contribution in [0.5, 0.6) is 0 Å². The van der Waals surface area contributed by atoms with E-state index >= 15 is 0 Å². The van der Waals surface area contributed by atoms with E-state index in [9.17, 15) is 0 Å². The molecular formula is C12H15BrIN3OS. The second-order valence-corrected chi connectivity index (χ2v) is 5.41. The molecule has 0 saturated carbocycles. The average Bonchev–Trinajstić information content (AvgIpc) is 3.01. The van der Waals surface area contributed by atoms with Crippen LogP contribution in [0.1, 0.15) is 10.6 Å². The highest BCUT2D eigenvalue weighted by molar-refractivity contribution is 14.0. The van der Waals surface area contributed by atoms with Crippen LogP contribution in [0.15, 0.2) is 43.7 Å². The topological polar surface area (TPSA) is 49.6 Å². The third kappa shape index (κ3) is 5.15. The van der Waals surface area contributed by atoms with Gasteiger partial charge in [0.1, 0.15) is 5.76 Å². The van der Waals surface area contributed by atoms with Gasteiger partial charge in [0.15, 0.2) is 5.96 Å². The van der Waals surface area contributed by atoms with Crippen molar-refractivity contribution in [2.45, 2.75) is 13.1 Å².